The lowest BCUT2D eigenvalue weighted by atomic mass is 10.1. The molecule has 0 atom stereocenters. The molecule has 11 heteroatoms. The van der Waals surface area contributed by atoms with E-state index in [2.05, 4.69) is 10.1 Å². The van der Waals surface area contributed by atoms with E-state index in [1.54, 1.807) is 24.3 Å². The molecule has 0 spiro atoms. The number of aryl methyl sites for hydroxylation is 1. The van der Waals surface area contributed by atoms with Crippen LogP contribution in [0.3, 0.4) is 0 Å². The van der Waals surface area contributed by atoms with Crippen molar-refractivity contribution in [2.24, 2.45) is 10.1 Å². The number of thioether (sulfide) groups is 1. The molecule has 0 bridgehead atoms. The fourth-order valence-electron chi connectivity index (χ4n) is 3.02. The molecule has 2 aliphatic rings. The van der Waals surface area contributed by atoms with Crippen LogP contribution in [0.4, 0.5) is 0 Å². The number of ether oxygens (including phenoxy) is 2. The number of hydrogen-bond donors (Lipinski definition) is 1. The van der Waals surface area contributed by atoms with Gasteiger partial charge >= 0.3 is 0 Å². The summed E-state index contributed by atoms with van der Waals surface area (Å²) >= 11 is 0.753. The van der Waals surface area contributed by atoms with Gasteiger partial charge in [0.05, 0.1) is 18.8 Å². The number of sulfone groups is 1. The second-order valence-corrected chi connectivity index (χ2v) is 10.7. The monoisotopic (exact) mass is 498 g/mol. The fraction of sp³-hybridized carbons (Fsp3) is 0.217. The van der Waals surface area contributed by atoms with Crippen molar-refractivity contribution < 1.29 is 22.7 Å². The Bertz CT molecular complexity index is 1310. The van der Waals surface area contributed by atoms with Crippen LogP contribution in [-0.4, -0.2) is 54.2 Å². The standard InChI is InChI=1S/C23H22N4O5S2/c1-15-4-8-17(9-5-15)31-12-3-13-32-18-10-6-16(7-11-18)14-19-20(24)27-22(25-21(19)28)33-23(26-27)34(2,29)30/h4-11,14,24H,3,12-13H2,1-2H3/b19-14-,24-20?. The second-order valence-electron chi connectivity index (χ2n) is 7.59. The Morgan fingerprint density at radius 1 is 1.03 bits per heavy atom. The molecule has 0 fully saturated rings. The molecule has 1 N–H and O–H groups in total. The van der Waals surface area contributed by atoms with Crippen molar-refractivity contribution in [1.82, 2.24) is 5.01 Å². The number of carbonyl (C=O) groups is 1. The topological polar surface area (TPSA) is 121 Å². The van der Waals surface area contributed by atoms with Gasteiger partial charge in [-0.1, -0.05) is 29.8 Å². The summed E-state index contributed by atoms with van der Waals surface area (Å²) in [4.78, 5) is 16.3. The molecule has 1 amide bonds. The normalized spacial score (nSPS) is 16.9. The first-order chi connectivity index (χ1) is 16.2. The maximum absolute atomic E-state index is 12.4. The van der Waals surface area contributed by atoms with Crippen LogP contribution in [0.5, 0.6) is 11.5 Å². The fourth-order valence-corrected chi connectivity index (χ4v) is 4.71. The maximum atomic E-state index is 12.4. The van der Waals surface area contributed by atoms with Gasteiger partial charge in [-0.15, -0.1) is 5.10 Å². The van der Waals surface area contributed by atoms with Crippen LogP contribution in [0.15, 0.2) is 64.2 Å². The molecule has 0 aliphatic carbocycles. The molecule has 0 saturated heterocycles. The molecule has 9 nitrogen and oxygen atoms in total. The number of nitrogens with one attached hydrogen (secondary N) is 1. The summed E-state index contributed by atoms with van der Waals surface area (Å²) in [6.45, 7) is 3.05. The molecule has 0 saturated carbocycles. The number of amidine groups is 2. The molecule has 0 radical (unpaired) electrons. The zero-order valence-corrected chi connectivity index (χ0v) is 20.1. The van der Waals surface area contributed by atoms with Gasteiger partial charge in [-0.2, -0.15) is 10.0 Å². The van der Waals surface area contributed by atoms with Gasteiger partial charge in [0.15, 0.2) is 5.84 Å². The van der Waals surface area contributed by atoms with Gasteiger partial charge in [-0.05, 0) is 54.6 Å². The van der Waals surface area contributed by atoms with Gasteiger partial charge in [-0.25, -0.2) is 8.42 Å². The second kappa shape index (κ2) is 9.82. The van der Waals surface area contributed by atoms with Crippen LogP contribution in [0.25, 0.3) is 6.08 Å². The quantitative estimate of drug-likeness (QED) is 0.458. The van der Waals surface area contributed by atoms with Crippen LogP contribution < -0.4 is 9.47 Å². The average Bonchev–Trinajstić information content (AvgIpc) is 3.23. The Labute approximate surface area is 201 Å². The van der Waals surface area contributed by atoms with E-state index in [0.29, 0.717) is 24.5 Å². The SMILES string of the molecule is Cc1ccc(OCCCOc2ccc(/C=C3/C(=N)N4N=C(S(C)(=O)=O)SC4=NC3=O)cc2)cc1. The van der Waals surface area contributed by atoms with E-state index in [4.69, 9.17) is 14.9 Å². The third-order valence-corrected chi connectivity index (χ3v) is 7.37. The molecule has 0 unspecified atom stereocenters. The minimum Gasteiger partial charge on any atom is -0.493 e. The predicted molar refractivity (Wildman–Crippen MR) is 133 cm³/mol. The molecule has 2 aliphatic heterocycles. The van der Waals surface area contributed by atoms with Crippen molar-refractivity contribution in [1.29, 1.82) is 5.41 Å². The van der Waals surface area contributed by atoms with Gasteiger partial charge in [0.2, 0.25) is 19.4 Å². The van der Waals surface area contributed by atoms with Gasteiger partial charge in [-0.3, -0.25) is 10.2 Å². The van der Waals surface area contributed by atoms with Crippen molar-refractivity contribution in [2.75, 3.05) is 19.5 Å². The van der Waals surface area contributed by atoms with Crippen molar-refractivity contribution in [2.45, 2.75) is 13.3 Å². The lowest BCUT2D eigenvalue weighted by Crippen LogP contribution is -2.35. The third kappa shape index (κ3) is 5.54. The molecule has 34 heavy (non-hydrogen) atoms. The third-order valence-electron chi connectivity index (χ3n) is 4.79. The van der Waals surface area contributed by atoms with E-state index in [1.165, 1.54) is 11.6 Å². The van der Waals surface area contributed by atoms with Crippen LogP contribution in [0.1, 0.15) is 17.5 Å². The number of amides is 1. The van der Waals surface area contributed by atoms with E-state index in [1.807, 2.05) is 31.2 Å². The van der Waals surface area contributed by atoms with E-state index in [-0.39, 0.29) is 21.0 Å². The van der Waals surface area contributed by atoms with E-state index in [9.17, 15) is 13.2 Å². The summed E-state index contributed by atoms with van der Waals surface area (Å²) < 4.78 is 34.7. The first-order valence-corrected chi connectivity index (χ1v) is 13.0. The van der Waals surface area contributed by atoms with Gasteiger partial charge in [0.25, 0.3) is 5.91 Å². The highest BCUT2D eigenvalue weighted by atomic mass is 32.3. The molecular formula is C23H22N4O5S2. The molecule has 4 rings (SSSR count). The molecule has 0 aromatic heterocycles. The number of hydrogen-bond acceptors (Lipinski definition) is 8. The van der Waals surface area contributed by atoms with Crippen LogP contribution >= 0.6 is 11.8 Å². The van der Waals surface area contributed by atoms with Gasteiger partial charge in [0, 0.05) is 12.7 Å². The molecule has 2 aromatic carbocycles. The summed E-state index contributed by atoms with van der Waals surface area (Å²) in [5, 5.41) is 13.3. The summed E-state index contributed by atoms with van der Waals surface area (Å²) in [6, 6.07) is 14.9. The number of carbonyl (C=O) groups excluding carboxylic acids is 1. The Balaban J connectivity index is 1.33. The summed E-state index contributed by atoms with van der Waals surface area (Å²) in [7, 11) is -3.57. The van der Waals surface area contributed by atoms with Crippen LogP contribution in [0, 0.1) is 12.3 Å². The average molecular weight is 499 g/mol. The number of fused-ring (bicyclic) bond motifs is 1. The van der Waals surface area contributed by atoms with Crippen molar-refractivity contribution >= 4 is 49.0 Å². The first kappa shape index (κ1) is 23.7. The molecule has 2 heterocycles. The Morgan fingerprint density at radius 2 is 1.62 bits per heavy atom. The minimum absolute atomic E-state index is 0.0183. The lowest BCUT2D eigenvalue weighted by Gasteiger charge is -2.20. The number of benzene rings is 2. The summed E-state index contributed by atoms with van der Waals surface area (Å²) in [5.41, 5.74) is 1.87. The van der Waals surface area contributed by atoms with Crippen LogP contribution in [0.2, 0.25) is 0 Å². The highest BCUT2D eigenvalue weighted by molar-refractivity contribution is 8.42. The lowest BCUT2D eigenvalue weighted by molar-refractivity contribution is -0.114. The Morgan fingerprint density at radius 3 is 2.21 bits per heavy atom. The maximum Gasteiger partial charge on any atom is 0.283 e. The van der Waals surface area contributed by atoms with Crippen molar-refractivity contribution in [3.05, 3.63) is 65.2 Å². The van der Waals surface area contributed by atoms with E-state index in [0.717, 1.165) is 35.2 Å². The number of aliphatic imine (C=N–C) groups is 1. The Hall–Kier alpha value is -3.44. The smallest absolute Gasteiger partial charge is 0.283 e. The first-order valence-electron chi connectivity index (χ1n) is 10.3. The van der Waals surface area contributed by atoms with Gasteiger partial charge in [0.1, 0.15) is 11.5 Å². The molecule has 176 valence electrons. The summed E-state index contributed by atoms with van der Waals surface area (Å²) in [6.07, 6.45) is 3.25. The summed E-state index contributed by atoms with van der Waals surface area (Å²) in [5.74, 6) is 0.645. The van der Waals surface area contributed by atoms with Crippen LogP contribution in [-0.2, 0) is 14.6 Å². The number of hydrazone groups is 1. The van der Waals surface area contributed by atoms with E-state index < -0.39 is 15.7 Å². The van der Waals surface area contributed by atoms with E-state index >= 15 is 0 Å². The van der Waals surface area contributed by atoms with Crippen molar-refractivity contribution in [3.8, 4) is 11.5 Å². The Kier molecular flexibility index (Phi) is 6.85. The number of nitrogens with zero attached hydrogens (tertiary/aromatic N) is 3. The zero-order valence-electron chi connectivity index (χ0n) is 18.5. The number of rotatable bonds is 7. The highest BCUT2D eigenvalue weighted by Gasteiger charge is 2.38. The van der Waals surface area contributed by atoms with Gasteiger partial charge < -0.3 is 9.47 Å². The molecule has 2 aromatic rings. The zero-order chi connectivity index (χ0) is 24.3. The molecular weight excluding hydrogens is 476 g/mol. The minimum atomic E-state index is -3.57. The highest BCUT2D eigenvalue weighted by Crippen LogP contribution is 2.30. The predicted octanol–water partition coefficient (Wildman–Crippen LogP) is 3.46. The largest absolute Gasteiger partial charge is 0.493 e. The van der Waals surface area contributed by atoms with Crippen molar-refractivity contribution in [3.63, 3.8) is 0 Å².